The van der Waals surface area contributed by atoms with Gasteiger partial charge in [-0.3, -0.25) is 14.9 Å². The fourth-order valence-corrected chi connectivity index (χ4v) is 4.15. The number of likely N-dealkylation sites (N-methyl/N-ethyl adjacent to an activating group) is 1. The topological polar surface area (TPSA) is 52.5 Å². The summed E-state index contributed by atoms with van der Waals surface area (Å²) in [5.41, 5.74) is 2.37. The Kier molecular flexibility index (Phi) is 5.25. The summed E-state index contributed by atoms with van der Waals surface area (Å²) in [4.78, 5) is 13.5. The molecule has 6 heteroatoms. The molecule has 1 aromatic carbocycles. The number of aromatic nitrogens is 2. The molecule has 1 N–H and O–H groups in total. The van der Waals surface area contributed by atoms with Crippen LogP contribution in [-0.2, 0) is 0 Å². The lowest BCUT2D eigenvalue weighted by Crippen LogP contribution is -2.47. The molecule has 0 unspecified atom stereocenters. The van der Waals surface area contributed by atoms with E-state index in [1.54, 1.807) is 12.4 Å². The third-order valence-corrected chi connectivity index (χ3v) is 5.67. The number of halogens is 1. The molecule has 0 amide bonds. The minimum absolute atomic E-state index is 0.110. The van der Waals surface area contributed by atoms with Crippen LogP contribution in [-0.4, -0.2) is 57.6 Å². The molecular formula is C21H23ClN4O. The molecule has 0 aliphatic carbocycles. The van der Waals surface area contributed by atoms with E-state index in [0.29, 0.717) is 10.5 Å². The number of nitrogens with zero attached hydrogens (tertiary/aromatic N) is 4. The molecule has 0 radical (unpaired) electrons. The molecule has 1 saturated heterocycles. The first kappa shape index (κ1) is 18.2. The van der Waals surface area contributed by atoms with Gasteiger partial charge in [0.15, 0.2) is 0 Å². The van der Waals surface area contributed by atoms with Gasteiger partial charge in [0.25, 0.3) is 0 Å². The molecule has 1 fully saturated rings. The summed E-state index contributed by atoms with van der Waals surface area (Å²) in [5.74, 6) is 0.196. The van der Waals surface area contributed by atoms with E-state index in [-0.39, 0.29) is 11.8 Å². The molecule has 4 rings (SSSR count). The molecule has 1 aliphatic rings. The van der Waals surface area contributed by atoms with E-state index >= 15 is 0 Å². The Morgan fingerprint density at radius 2 is 1.93 bits per heavy atom. The second-order valence-electron chi connectivity index (χ2n) is 6.85. The highest BCUT2D eigenvalue weighted by molar-refractivity contribution is 6.35. The van der Waals surface area contributed by atoms with Crippen molar-refractivity contribution in [2.75, 3.05) is 32.7 Å². The van der Waals surface area contributed by atoms with Gasteiger partial charge in [-0.1, -0.05) is 24.6 Å². The summed E-state index contributed by atoms with van der Waals surface area (Å²) in [6, 6.07) is 9.47. The van der Waals surface area contributed by atoms with E-state index in [9.17, 15) is 5.11 Å². The fraction of sp³-hybridized carbons (Fsp3) is 0.333. The molecule has 140 valence electrons. The molecule has 0 saturated carbocycles. The van der Waals surface area contributed by atoms with Crippen LogP contribution < -0.4 is 0 Å². The van der Waals surface area contributed by atoms with Crippen LogP contribution in [0.5, 0.6) is 5.75 Å². The van der Waals surface area contributed by atoms with Crippen molar-refractivity contribution in [1.82, 2.24) is 19.8 Å². The van der Waals surface area contributed by atoms with Gasteiger partial charge in [-0.25, -0.2) is 0 Å². The van der Waals surface area contributed by atoms with Crippen LogP contribution in [0.2, 0.25) is 5.02 Å². The number of aromatic hydroxyl groups is 1. The summed E-state index contributed by atoms with van der Waals surface area (Å²) in [6.07, 6.45) is 5.32. The van der Waals surface area contributed by atoms with E-state index in [1.807, 2.05) is 30.5 Å². The third kappa shape index (κ3) is 3.50. The normalized spacial score (nSPS) is 17.3. The monoisotopic (exact) mass is 382 g/mol. The number of phenols is 1. The number of fused-ring (bicyclic) bond motifs is 1. The highest BCUT2D eigenvalue weighted by Gasteiger charge is 2.29. The van der Waals surface area contributed by atoms with E-state index in [1.165, 1.54) is 0 Å². The summed E-state index contributed by atoms with van der Waals surface area (Å²) >= 11 is 6.56. The van der Waals surface area contributed by atoms with Crippen molar-refractivity contribution in [2.45, 2.75) is 13.0 Å². The largest absolute Gasteiger partial charge is 0.505 e. The van der Waals surface area contributed by atoms with Crippen LogP contribution in [0.1, 0.15) is 24.1 Å². The first-order valence-electron chi connectivity index (χ1n) is 9.31. The zero-order valence-electron chi connectivity index (χ0n) is 15.3. The van der Waals surface area contributed by atoms with Gasteiger partial charge in [0.05, 0.1) is 11.1 Å². The van der Waals surface area contributed by atoms with Crippen molar-refractivity contribution in [1.29, 1.82) is 0 Å². The number of rotatable bonds is 4. The zero-order valence-corrected chi connectivity index (χ0v) is 16.1. The van der Waals surface area contributed by atoms with Gasteiger partial charge in [0, 0.05) is 55.7 Å². The van der Waals surface area contributed by atoms with E-state index in [4.69, 9.17) is 11.6 Å². The predicted molar refractivity (Wildman–Crippen MR) is 108 cm³/mol. The Hall–Kier alpha value is -2.21. The van der Waals surface area contributed by atoms with Crippen molar-refractivity contribution < 1.29 is 5.11 Å². The molecule has 5 nitrogen and oxygen atoms in total. The van der Waals surface area contributed by atoms with Gasteiger partial charge in [-0.2, -0.15) is 0 Å². The van der Waals surface area contributed by atoms with Crippen molar-refractivity contribution >= 4 is 22.5 Å². The lowest BCUT2D eigenvalue weighted by molar-refractivity contribution is 0.112. The fourth-order valence-electron chi connectivity index (χ4n) is 3.88. The Balaban J connectivity index is 1.82. The number of piperazine rings is 1. The van der Waals surface area contributed by atoms with Crippen LogP contribution in [0.25, 0.3) is 10.9 Å². The highest BCUT2D eigenvalue weighted by atomic mass is 35.5. The van der Waals surface area contributed by atoms with Gasteiger partial charge in [0.2, 0.25) is 0 Å². The minimum Gasteiger partial charge on any atom is -0.505 e. The van der Waals surface area contributed by atoms with Crippen LogP contribution in [0.4, 0.5) is 0 Å². The second kappa shape index (κ2) is 7.80. The molecule has 1 aliphatic heterocycles. The number of phenolic OH excluding ortho intramolecular Hbond substituents is 1. The number of hydrogen-bond acceptors (Lipinski definition) is 5. The maximum atomic E-state index is 11.1. The first-order chi connectivity index (χ1) is 13.2. The van der Waals surface area contributed by atoms with E-state index in [2.05, 4.69) is 32.8 Å². The van der Waals surface area contributed by atoms with Crippen molar-refractivity contribution in [3.63, 3.8) is 0 Å². The quantitative estimate of drug-likeness (QED) is 0.745. The van der Waals surface area contributed by atoms with Gasteiger partial charge in [-0.05, 0) is 36.4 Å². The SMILES string of the molecule is CCN1CCN([C@H](c2cccnc2)c2cc(Cl)c3cccnc3c2O)CC1. The predicted octanol–water partition coefficient (Wildman–Crippen LogP) is 3.72. The average Bonchev–Trinajstić information content (AvgIpc) is 2.73. The highest BCUT2D eigenvalue weighted by Crippen LogP contribution is 2.40. The molecule has 2 aromatic heterocycles. The lowest BCUT2D eigenvalue weighted by Gasteiger charge is -2.39. The molecule has 0 spiro atoms. The summed E-state index contributed by atoms with van der Waals surface area (Å²) in [7, 11) is 0. The van der Waals surface area contributed by atoms with Gasteiger partial charge in [0.1, 0.15) is 11.3 Å². The van der Waals surface area contributed by atoms with E-state index < -0.39 is 0 Å². The molecule has 3 aromatic rings. The lowest BCUT2D eigenvalue weighted by atomic mass is 9.95. The zero-order chi connectivity index (χ0) is 18.8. The van der Waals surface area contributed by atoms with Crippen molar-refractivity contribution in [3.8, 4) is 5.75 Å². The smallest absolute Gasteiger partial charge is 0.147 e. The Morgan fingerprint density at radius 1 is 1.15 bits per heavy atom. The molecular weight excluding hydrogens is 360 g/mol. The van der Waals surface area contributed by atoms with Crippen LogP contribution >= 0.6 is 11.6 Å². The average molecular weight is 383 g/mol. The summed E-state index contributed by atoms with van der Waals surface area (Å²) in [6.45, 7) is 7.10. The van der Waals surface area contributed by atoms with Crippen LogP contribution in [0.3, 0.4) is 0 Å². The Labute approximate surface area is 164 Å². The molecule has 0 bridgehead atoms. The van der Waals surface area contributed by atoms with Crippen molar-refractivity contribution in [3.05, 3.63) is 65.1 Å². The summed E-state index contributed by atoms with van der Waals surface area (Å²) in [5, 5.41) is 12.4. The second-order valence-corrected chi connectivity index (χ2v) is 7.26. The van der Waals surface area contributed by atoms with Crippen LogP contribution in [0, 0.1) is 0 Å². The molecule has 1 atom stereocenters. The molecule has 27 heavy (non-hydrogen) atoms. The van der Waals surface area contributed by atoms with Gasteiger partial charge < -0.3 is 10.0 Å². The summed E-state index contributed by atoms with van der Waals surface area (Å²) < 4.78 is 0. The maximum Gasteiger partial charge on any atom is 0.147 e. The number of pyridine rings is 2. The van der Waals surface area contributed by atoms with Gasteiger partial charge in [-0.15, -0.1) is 0 Å². The Bertz CT molecular complexity index is 926. The Morgan fingerprint density at radius 3 is 2.63 bits per heavy atom. The van der Waals surface area contributed by atoms with Gasteiger partial charge >= 0.3 is 0 Å². The third-order valence-electron chi connectivity index (χ3n) is 5.36. The first-order valence-corrected chi connectivity index (χ1v) is 9.69. The minimum atomic E-state index is -0.110. The maximum absolute atomic E-state index is 11.1. The standard InChI is InChI=1S/C21H23ClN4O/c1-2-25-9-11-26(12-10-25)20(15-5-3-7-23-14-15)17-13-18(22)16-6-4-8-24-19(16)21(17)27/h3-8,13-14,20,27H,2,9-12H2,1H3/t20-/m1/s1. The van der Waals surface area contributed by atoms with Crippen molar-refractivity contribution in [2.24, 2.45) is 0 Å². The number of benzene rings is 1. The van der Waals surface area contributed by atoms with E-state index in [0.717, 1.165) is 49.2 Å². The number of hydrogen-bond donors (Lipinski definition) is 1. The molecule has 3 heterocycles. The van der Waals surface area contributed by atoms with Crippen LogP contribution in [0.15, 0.2) is 48.9 Å².